The normalized spacial score (nSPS) is 18.0. The Morgan fingerprint density at radius 2 is 1.84 bits per heavy atom. The van der Waals surface area contributed by atoms with Gasteiger partial charge >= 0.3 is 0 Å². The fraction of sp³-hybridized carbons (Fsp3) is 0.304. The van der Waals surface area contributed by atoms with Crippen LogP contribution in [-0.4, -0.2) is 68.0 Å². The molecule has 8 heteroatoms. The van der Waals surface area contributed by atoms with Gasteiger partial charge in [0.05, 0.1) is 31.4 Å². The Morgan fingerprint density at radius 1 is 1.13 bits per heavy atom. The van der Waals surface area contributed by atoms with Crippen LogP contribution in [0.5, 0.6) is 11.5 Å². The molecule has 0 aromatic heterocycles. The Hall–Kier alpha value is -3.39. The van der Waals surface area contributed by atoms with E-state index in [0.717, 1.165) is 0 Å². The summed E-state index contributed by atoms with van der Waals surface area (Å²) in [4.78, 5) is 29.0. The van der Waals surface area contributed by atoms with Gasteiger partial charge in [-0.05, 0) is 32.3 Å². The van der Waals surface area contributed by atoms with E-state index >= 15 is 0 Å². The smallest absolute Gasteiger partial charge is 0.295 e. The van der Waals surface area contributed by atoms with Crippen LogP contribution in [0, 0.1) is 5.82 Å². The van der Waals surface area contributed by atoms with Gasteiger partial charge in [0.1, 0.15) is 23.1 Å². The molecule has 2 aromatic rings. The van der Waals surface area contributed by atoms with Crippen molar-refractivity contribution in [3.05, 3.63) is 65.0 Å². The lowest BCUT2D eigenvalue weighted by Crippen LogP contribution is -2.35. The molecule has 7 nitrogen and oxygen atoms in total. The standard InChI is InChI=1S/C23H25FN2O5/c1-25(2)11-12-26-20(15-7-5-6-8-17(15)24)19(22(28)23(26)29)21(27)16-10-9-14(30-3)13-18(16)31-4/h5-10,13,20,27H,11-12H2,1-4H3/b21-19+. The van der Waals surface area contributed by atoms with Crippen molar-refractivity contribution in [2.45, 2.75) is 6.04 Å². The fourth-order valence-corrected chi connectivity index (χ4v) is 3.58. The molecule has 1 fully saturated rings. The van der Waals surface area contributed by atoms with Gasteiger partial charge in [0.2, 0.25) is 0 Å². The molecular weight excluding hydrogens is 403 g/mol. The van der Waals surface area contributed by atoms with E-state index in [0.29, 0.717) is 12.3 Å². The molecule has 31 heavy (non-hydrogen) atoms. The minimum Gasteiger partial charge on any atom is -0.507 e. The summed E-state index contributed by atoms with van der Waals surface area (Å²) in [6.07, 6.45) is 0. The van der Waals surface area contributed by atoms with Crippen LogP contribution in [0.15, 0.2) is 48.0 Å². The van der Waals surface area contributed by atoms with E-state index < -0.39 is 29.3 Å². The van der Waals surface area contributed by atoms with Gasteiger partial charge in [-0.2, -0.15) is 0 Å². The average molecular weight is 428 g/mol. The first-order chi connectivity index (χ1) is 14.8. The number of hydrogen-bond donors (Lipinski definition) is 1. The molecule has 1 N–H and O–H groups in total. The second-order valence-corrected chi connectivity index (χ2v) is 7.38. The third kappa shape index (κ3) is 4.25. The van der Waals surface area contributed by atoms with Gasteiger partial charge in [-0.25, -0.2) is 4.39 Å². The van der Waals surface area contributed by atoms with Crippen LogP contribution in [0.1, 0.15) is 17.2 Å². The number of nitrogens with zero attached hydrogens (tertiary/aromatic N) is 2. The average Bonchev–Trinajstić information content (AvgIpc) is 3.01. The first-order valence-corrected chi connectivity index (χ1v) is 9.70. The Balaban J connectivity index is 2.21. The van der Waals surface area contributed by atoms with E-state index in [4.69, 9.17) is 9.47 Å². The van der Waals surface area contributed by atoms with Crippen molar-refractivity contribution in [3.8, 4) is 11.5 Å². The van der Waals surface area contributed by atoms with E-state index in [9.17, 15) is 19.1 Å². The number of halogens is 1. The Labute approximate surface area is 180 Å². The molecule has 0 radical (unpaired) electrons. The van der Waals surface area contributed by atoms with Gasteiger partial charge in [-0.3, -0.25) is 9.59 Å². The highest BCUT2D eigenvalue weighted by Gasteiger charge is 2.47. The number of rotatable bonds is 7. The lowest BCUT2D eigenvalue weighted by molar-refractivity contribution is -0.140. The zero-order chi connectivity index (χ0) is 22.7. The Kier molecular flexibility index (Phi) is 6.60. The highest BCUT2D eigenvalue weighted by Crippen LogP contribution is 2.42. The molecule has 1 heterocycles. The fourth-order valence-electron chi connectivity index (χ4n) is 3.58. The number of ether oxygens (including phenoxy) is 2. The molecule has 3 rings (SSSR count). The second kappa shape index (κ2) is 9.18. The largest absolute Gasteiger partial charge is 0.507 e. The minimum absolute atomic E-state index is 0.134. The summed E-state index contributed by atoms with van der Waals surface area (Å²) in [5.41, 5.74) is 0.155. The van der Waals surface area contributed by atoms with Crippen molar-refractivity contribution < 1.29 is 28.6 Å². The first kappa shape index (κ1) is 22.3. The van der Waals surface area contributed by atoms with Gasteiger partial charge in [0.25, 0.3) is 11.7 Å². The molecule has 1 unspecified atom stereocenters. The number of methoxy groups -OCH3 is 2. The molecule has 2 aromatic carbocycles. The van der Waals surface area contributed by atoms with Crippen LogP contribution < -0.4 is 9.47 Å². The molecule has 1 aliphatic heterocycles. The summed E-state index contributed by atoms with van der Waals surface area (Å²) in [7, 11) is 6.56. The van der Waals surface area contributed by atoms with Crippen molar-refractivity contribution in [2.75, 3.05) is 41.4 Å². The van der Waals surface area contributed by atoms with Crippen LogP contribution in [0.2, 0.25) is 0 Å². The number of likely N-dealkylation sites (N-methyl/N-ethyl adjacent to an activating group) is 1. The second-order valence-electron chi connectivity index (χ2n) is 7.38. The number of amides is 1. The molecule has 0 saturated carbocycles. The van der Waals surface area contributed by atoms with Crippen molar-refractivity contribution in [1.82, 2.24) is 9.80 Å². The highest BCUT2D eigenvalue weighted by atomic mass is 19.1. The Bertz CT molecular complexity index is 1030. The maximum Gasteiger partial charge on any atom is 0.295 e. The topological polar surface area (TPSA) is 79.3 Å². The predicted octanol–water partition coefficient (Wildman–Crippen LogP) is 2.83. The van der Waals surface area contributed by atoms with Crippen molar-refractivity contribution in [1.29, 1.82) is 0 Å². The minimum atomic E-state index is -1.06. The quantitative estimate of drug-likeness (QED) is 0.415. The number of likely N-dealkylation sites (tertiary alicyclic amines) is 1. The molecule has 1 aliphatic rings. The van der Waals surface area contributed by atoms with Crippen molar-refractivity contribution in [2.24, 2.45) is 0 Å². The maximum absolute atomic E-state index is 14.7. The summed E-state index contributed by atoms with van der Waals surface area (Å²) in [5, 5.41) is 11.1. The Morgan fingerprint density at radius 3 is 2.45 bits per heavy atom. The van der Waals surface area contributed by atoms with Crippen molar-refractivity contribution >= 4 is 17.4 Å². The van der Waals surface area contributed by atoms with E-state index in [1.807, 2.05) is 19.0 Å². The van der Waals surface area contributed by atoms with Gasteiger partial charge in [0, 0.05) is 24.7 Å². The summed E-state index contributed by atoms with van der Waals surface area (Å²) in [5.74, 6) is -1.92. The molecule has 1 atom stereocenters. The van der Waals surface area contributed by atoms with Crippen LogP contribution >= 0.6 is 0 Å². The third-order valence-electron chi connectivity index (χ3n) is 5.19. The SMILES string of the molecule is COc1ccc(/C(O)=C2\C(=O)C(=O)N(CCN(C)C)C2c2ccccc2F)c(OC)c1. The number of carbonyl (C=O) groups excluding carboxylic acids is 2. The number of ketones is 1. The van der Waals surface area contributed by atoms with Crippen LogP contribution in [0.25, 0.3) is 5.76 Å². The maximum atomic E-state index is 14.7. The summed E-state index contributed by atoms with van der Waals surface area (Å²) >= 11 is 0. The number of aliphatic hydroxyl groups is 1. The van der Waals surface area contributed by atoms with Gasteiger partial charge < -0.3 is 24.4 Å². The number of carbonyl (C=O) groups is 2. The van der Waals surface area contributed by atoms with E-state index in [1.54, 1.807) is 18.2 Å². The molecule has 0 spiro atoms. The van der Waals surface area contributed by atoms with Gasteiger partial charge in [0.15, 0.2) is 0 Å². The molecule has 1 amide bonds. The number of Topliss-reactive ketones (excluding diaryl/α,β-unsaturated/α-hetero) is 1. The summed E-state index contributed by atoms with van der Waals surface area (Å²) < 4.78 is 25.3. The van der Waals surface area contributed by atoms with Crippen LogP contribution in [0.4, 0.5) is 4.39 Å². The lowest BCUT2D eigenvalue weighted by atomic mass is 9.94. The predicted molar refractivity (Wildman–Crippen MR) is 114 cm³/mol. The van der Waals surface area contributed by atoms with E-state index in [2.05, 4.69) is 0 Å². The number of benzene rings is 2. The van der Waals surface area contributed by atoms with Crippen LogP contribution in [-0.2, 0) is 9.59 Å². The monoisotopic (exact) mass is 428 g/mol. The van der Waals surface area contributed by atoms with Gasteiger partial charge in [-0.1, -0.05) is 18.2 Å². The summed E-state index contributed by atoms with van der Waals surface area (Å²) in [6.45, 7) is 0.650. The zero-order valence-corrected chi connectivity index (χ0v) is 17.9. The molecule has 164 valence electrons. The number of aliphatic hydroxyl groups excluding tert-OH is 1. The molecular formula is C23H25FN2O5. The highest BCUT2D eigenvalue weighted by molar-refractivity contribution is 6.46. The zero-order valence-electron chi connectivity index (χ0n) is 17.9. The van der Waals surface area contributed by atoms with Gasteiger partial charge in [-0.15, -0.1) is 0 Å². The summed E-state index contributed by atoms with van der Waals surface area (Å²) in [6, 6.07) is 9.53. The van der Waals surface area contributed by atoms with Crippen LogP contribution in [0.3, 0.4) is 0 Å². The molecule has 1 saturated heterocycles. The lowest BCUT2D eigenvalue weighted by Gasteiger charge is -2.27. The van der Waals surface area contributed by atoms with Crippen molar-refractivity contribution in [3.63, 3.8) is 0 Å². The molecule has 0 aliphatic carbocycles. The number of hydrogen-bond acceptors (Lipinski definition) is 6. The van der Waals surface area contributed by atoms with E-state index in [-0.39, 0.29) is 29.0 Å². The first-order valence-electron chi connectivity index (χ1n) is 9.70. The van der Waals surface area contributed by atoms with E-state index in [1.165, 1.54) is 43.4 Å². The molecule has 0 bridgehead atoms. The third-order valence-corrected chi connectivity index (χ3v) is 5.19.